The first-order valence-electron chi connectivity index (χ1n) is 4.38. The lowest BCUT2D eigenvalue weighted by molar-refractivity contribution is -0.145. The van der Waals surface area contributed by atoms with E-state index in [0.29, 0.717) is 19.4 Å². The lowest BCUT2D eigenvalue weighted by Crippen LogP contribution is -2.17. The normalized spacial score (nSPS) is 33.5. The van der Waals surface area contributed by atoms with Crippen LogP contribution in [0.25, 0.3) is 0 Å². The van der Waals surface area contributed by atoms with Gasteiger partial charge in [0.1, 0.15) is 0 Å². The molecule has 0 saturated carbocycles. The van der Waals surface area contributed by atoms with E-state index in [1.807, 2.05) is 0 Å². The summed E-state index contributed by atoms with van der Waals surface area (Å²) in [6, 6.07) is 0. The number of carbonyl (C=O) groups excluding carboxylic acids is 1. The molecule has 4 heteroatoms. The first-order chi connectivity index (χ1) is 6.18. The largest absolute Gasteiger partial charge is 0.466 e. The monoisotopic (exact) mass is 186 g/mol. The summed E-state index contributed by atoms with van der Waals surface area (Å²) in [4.78, 5) is 10.9. The molecule has 13 heavy (non-hydrogen) atoms. The summed E-state index contributed by atoms with van der Waals surface area (Å²) in [5.41, 5.74) is 0. The molecule has 0 aliphatic carbocycles. The van der Waals surface area contributed by atoms with Gasteiger partial charge in [-0.15, -0.1) is 0 Å². The first-order valence-corrected chi connectivity index (χ1v) is 4.38. The van der Waals surface area contributed by atoms with Crippen molar-refractivity contribution < 1.29 is 19.7 Å². The third-order valence-electron chi connectivity index (χ3n) is 1.84. The van der Waals surface area contributed by atoms with E-state index in [2.05, 4.69) is 0 Å². The Morgan fingerprint density at radius 2 is 2.00 bits per heavy atom. The number of esters is 1. The average Bonchev–Trinajstić information content (AvgIpc) is 2.08. The van der Waals surface area contributed by atoms with Crippen molar-refractivity contribution in [3.63, 3.8) is 0 Å². The molecule has 2 atom stereocenters. The molecule has 1 rings (SSSR count). The number of cyclic esters (lactones) is 1. The fraction of sp³-hybridized carbons (Fsp3) is 0.667. The van der Waals surface area contributed by atoms with Crippen LogP contribution in [0.2, 0.25) is 0 Å². The zero-order valence-corrected chi connectivity index (χ0v) is 7.35. The number of hydrogen-bond acceptors (Lipinski definition) is 4. The van der Waals surface area contributed by atoms with Crippen molar-refractivity contribution in [3.05, 3.63) is 12.2 Å². The third-order valence-corrected chi connectivity index (χ3v) is 1.84. The van der Waals surface area contributed by atoms with E-state index in [0.717, 1.165) is 0 Å². The van der Waals surface area contributed by atoms with Crippen molar-refractivity contribution >= 4 is 5.97 Å². The third kappa shape index (κ3) is 4.05. The molecule has 1 aliphatic heterocycles. The Morgan fingerprint density at radius 1 is 1.31 bits per heavy atom. The maximum Gasteiger partial charge on any atom is 0.308 e. The molecule has 74 valence electrons. The van der Waals surface area contributed by atoms with Crippen LogP contribution in [0, 0.1) is 0 Å². The van der Waals surface area contributed by atoms with Gasteiger partial charge in [-0.1, -0.05) is 12.2 Å². The van der Waals surface area contributed by atoms with E-state index < -0.39 is 18.2 Å². The molecule has 0 radical (unpaired) electrons. The van der Waals surface area contributed by atoms with Crippen molar-refractivity contribution in [1.29, 1.82) is 0 Å². The highest BCUT2D eigenvalue weighted by Crippen LogP contribution is 2.05. The second-order valence-corrected chi connectivity index (χ2v) is 3.09. The lowest BCUT2D eigenvalue weighted by atomic mass is 10.1. The number of aliphatic hydroxyl groups excluding tert-OH is 2. The predicted octanol–water partition coefficient (Wildman–Crippen LogP) is -0.00850. The molecule has 0 amide bonds. The van der Waals surface area contributed by atoms with Gasteiger partial charge in [-0.3, -0.25) is 4.79 Å². The van der Waals surface area contributed by atoms with Crippen LogP contribution in [0.15, 0.2) is 12.2 Å². The minimum absolute atomic E-state index is 0.0385. The molecular weight excluding hydrogens is 172 g/mol. The van der Waals surface area contributed by atoms with Gasteiger partial charge in [0.25, 0.3) is 0 Å². The maximum atomic E-state index is 10.9. The van der Waals surface area contributed by atoms with E-state index in [4.69, 9.17) is 4.74 Å². The van der Waals surface area contributed by atoms with Gasteiger partial charge in [0, 0.05) is 0 Å². The fourth-order valence-corrected chi connectivity index (χ4v) is 1.13. The smallest absolute Gasteiger partial charge is 0.308 e. The molecule has 0 fully saturated rings. The molecule has 0 saturated heterocycles. The zero-order valence-electron chi connectivity index (χ0n) is 7.35. The van der Waals surface area contributed by atoms with Crippen molar-refractivity contribution in [2.75, 3.05) is 6.61 Å². The Balaban J connectivity index is 2.52. The molecule has 1 heterocycles. The van der Waals surface area contributed by atoms with Gasteiger partial charge in [-0.05, 0) is 12.8 Å². The van der Waals surface area contributed by atoms with E-state index >= 15 is 0 Å². The summed E-state index contributed by atoms with van der Waals surface area (Å²) in [5, 5.41) is 18.5. The molecule has 4 nitrogen and oxygen atoms in total. The van der Waals surface area contributed by atoms with Crippen LogP contribution in [0.4, 0.5) is 0 Å². The molecule has 0 spiro atoms. The van der Waals surface area contributed by atoms with Gasteiger partial charge in [0.05, 0.1) is 25.2 Å². The Hall–Kier alpha value is -0.870. The average molecular weight is 186 g/mol. The number of ether oxygens (including phenoxy) is 1. The summed E-state index contributed by atoms with van der Waals surface area (Å²) in [6.07, 6.45) is 2.71. The van der Waals surface area contributed by atoms with E-state index in [9.17, 15) is 15.0 Å². The lowest BCUT2D eigenvalue weighted by Gasteiger charge is -2.11. The molecule has 1 aliphatic rings. The fourth-order valence-electron chi connectivity index (χ4n) is 1.13. The zero-order chi connectivity index (χ0) is 9.68. The number of rotatable bonds is 0. The quantitative estimate of drug-likeness (QED) is 0.412. The van der Waals surface area contributed by atoms with Crippen molar-refractivity contribution in [2.24, 2.45) is 0 Å². The number of aliphatic hydroxyl groups is 2. The van der Waals surface area contributed by atoms with Crippen LogP contribution in [0.5, 0.6) is 0 Å². The summed E-state index contributed by atoms with van der Waals surface area (Å²) in [6.45, 7) is 0.316. The number of hydrogen-bond donors (Lipinski definition) is 2. The molecule has 0 aromatic heterocycles. The summed E-state index contributed by atoms with van der Waals surface area (Å²) < 4.78 is 4.79. The Bertz CT molecular complexity index is 200. The highest BCUT2D eigenvalue weighted by molar-refractivity contribution is 5.70. The Labute approximate surface area is 76.8 Å². The number of carbonyl (C=O) groups is 1. The van der Waals surface area contributed by atoms with Crippen LogP contribution in [-0.4, -0.2) is 35.0 Å². The van der Waals surface area contributed by atoms with Crippen LogP contribution in [0.1, 0.15) is 19.3 Å². The van der Waals surface area contributed by atoms with Gasteiger partial charge < -0.3 is 14.9 Å². The van der Waals surface area contributed by atoms with Crippen molar-refractivity contribution in [2.45, 2.75) is 31.5 Å². The summed E-state index contributed by atoms with van der Waals surface area (Å²) >= 11 is 0. The van der Waals surface area contributed by atoms with Crippen LogP contribution in [-0.2, 0) is 9.53 Å². The van der Waals surface area contributed by atoms with E-state index in [1.165, 1.54) is 12.2 Å². The highest BCUT2D eigenvalue weighted by atomic mass is 16.5. The maximum absolute atomic E-state index is 10.9. The highest BCUT2D eigenvalue weighted by Gasteiger charge is 2.11. The van der Waals surface area contributed by atoms with E-state index in [-0.39, 0.29) is 6.42 Å². The topological polar surface area (TPSA) is 66.8 Å². The van der Waals surface area contributed by atoms with Gasteiger partial charge >= 0.3 is 5.97 Å². The molecule has 0 aromatic rings. The van der Waals surface area contributed by atoms with Gasteiger partial charge in [-0.25, -0.2) is 0 Å². The van der Waals surface area contributed by atoms with Gasteiger partial charge in [-0.2, -0.15) is 0 Å². The second kappa shape index (κ2) is 4.99. The van der Waals surface area contributed by atoms with Crippen LogP contribution < -0.4 is 0 Å². The van der Waals surface area contributed by atoms with Crippen molar-refractivity contribution in [1.82, 2.24) is 0 Å². The summed E-state index contributed by atoms with van der Waals surface area (Å²) in [5.74, 6) is -0.395. The van der Waals surface area contributed by atoms with Crippen molar-refractivity contribution in [3.8, 4) is 0 Å². The molecular formula is C9H14O4. The Kier molecular flexibility index (Phi) is 3.92. The minimum atomic E-state index is -0.847. The molecule has 0 bridgehead atoms. The minimum Gasteiger partial charge on any atom is -0.466 e. The molecule has 2 N–H and O–H groups in total. The predicted molar refractivity (Wildman–Crippen MR) is 46.0 cm³/mol. The second-order valence-electron chi connectivity index (χ2n) is 3.09. The van der Waals surface area contributed by atoms with Gasteiger partial charge in [0.15, 0.2) is 0 Å². The first kappa shape index (κ1) is 10.2. The van der Waals surface area contributed by atoms with E-state index in [1.54, 1.807) is 0 Å². The standard InChI is InChI=1S/C9H14O4/c10-7-2-1-5-13-9(12)6-8(11)4-3-7/h3-4,7-8,10-11H,1-2,5-6H2/b4-3-/t7?,8-/m1/s1. The Morgan fingerprint density at radius 3 is 2.77 bits per heavy atom. The summed E-state index contributed by atoms with van der Waals surface area (Å²) in [7, 11) is 0. The van der Waals surface area contributed by atoms with Gasteiger partial charge in [0.2, 0.25) is 0 Å². The molecule has 0 aromatic carbocycles. The SMILES string of the molecule is O=C1C[C@H](O)/C=C\C(O)CCCO1. The van der Waals surface area contributed by atoms with Crippen LogP contribution in [0.3, 0.4) is 0 Å². The molecule has 1 unspecified atom stereocenters. The van der Waals surface area contributed by atoms with Crippen LogP contribution >= 0.6 is 0 Å².